The minimum atomic E-state index is -0.540. The number of nitrogens with one attached hydrogen (secondary N) is 1. The van der Waals surface area contributed by atoms with E-state index in [1.54, 1.807) is 7.11 Å². The number of amides is 1. The lowest BCUT2D eigenvalue weighted by atomic mass is 9.75. The topological polar surface area (TPSA) is 64.6 Å². The van der Waals surface area contributed by atoms with Crippen molar-refractivity contribution in [3.8, 4) is 5.75 Å². The van der Waals surface area contributed by atoms with Crippen LogP contribution in [0.25, 0.3) is 0 Å². The van der Waals surface area contributed by atoms with E-state index in [0.29, 0.717) is 6.54 Å². The van der Waals surface area contributed by atoms with Crippen LogP contribution in [0, 0.1) is 5.92 Å². The third-order valence-electron chi connectivity index (χ3n) is 5.45. The first kappa shape index (κ1) is 17.8. The molecule has 0 bridgehead atoms. The van der Waals surface area contributed by atoms with Crippen LogP contribution in [0.1, 0.15) is 50.5 Å². The van der Waals surface area contributed by atoms with Gasteiger partial charge >= 0.3 is 5.97 Å². The Bertz CT molecular complexity index is 622. The maximum atomic E-state index is 12.6. The Kier molecular flexibility index (Phi) is 5.61. The van der Waals surface area contributed by atoms with Gasteiger partial charge in [-0.05, 0) is 50.2 Å². The second-order valence-corrected chi connectivity index (χ2v) is 7.06. The molecule has 1 saturated carbocycles. The van der Waals surface area contributed by atoms with Gasteiger partial charge < -0.3 is 14.8 Å². The van der Waals surface area contributed by atoms with Gasteiger partial charge in [0.05, 0.1) is 19.4 Å². The molecule has 25 heavy (non-hydrogen) atoms. The SMILES string of the molecule is COc1ccccc1CCCNC(=O)[C@H]1CC(=O)OC12CCCCC2. The van der Waals surface area contributed by atoms with Gasteiger partial charge in [0, 0.05) is 6.54 Å². The van der Waals surface area contributed by atoms with Gasteiger partial charge in [-0.15, -0.1) is 0 Å². The lowest BCUT2D eigenvalue weighted by molar-refractivity contribution is -0.153. The molecule has 136 valence electrons. The van der Waals surface area contributed by atoms with Gasteiger partial charge in [-0.25, -0.2) is 0 Å². The average molecular weight is 345 g/mol. The molecule has 1 aromatic rings. The molecule has 0 radical (unpaired) electrons. The van der Waals surface area contributed by atoms with Crippen LogP contribution >= 0.6 is 0 Å². The first-order valence-corrected chi connectivity index (χ1v) is 9.26. The third-order valence-corrected chi connectivity index (χ3v) is 5.45. The second kappa shape index (κ2) is 7.89. The first-order chi connectivity index (χ1) is 12.1. The number of para-hydroxylation sites is 1. The van der Waals surface area contributed by atoms with E-state index in [2.05, 4.69) is 5.32 Å². The Hall–Kier alpha value is -2.04. The van der Waals surface area contributed by atoms with E-state index in [-0.39, 0.29) is 24.2 Å². The highest BCUT2D eigenvalue weighted by atomic mass is 16.6. The fraction of sp³-hybridized carbons (Fsp3) is 0.600. The zero-order valence-corrected chi connectivity index (χ0v) is 14.9. The molecular formula is C20H27NO4. The van der Waals surface area contributed by atoms with Crippen LogP contribution < -0.4 is 10.1 Å². The number of rotatable bonds is 6. The van der Waals surface area contributed by atoms with Crippen molar-refractivity contribution in [1.29, 1.82) is 0 Å². The Morgan fingerprint density at radius 1 is 1.28 bits per heavy atom. The number of carbonyl (C=O) groups excluding carboxylic acids is 2. The molecular weight excluding hydrogens is 318 g/mol. The van der Waals surface area contributed by atoms with E-state index >= 15 is 0 Å². The van der Waals surface area contributed by atoms with E-state index in [9.17, 15) is 9.59 Å². The van der Waals surface area contributed by atoms with Crippen LogP contribution in [0.4, 0.5) is 0 Å². The highest BCUT2D eigenvalue weighted by molar-refractivity contribution is 5.87. The van der Waals surface area contributed by atoms with Crippen molar-refractivity contribution >= 4 is 11.9 Å². The van der Waals surface area contributed by atoms with Gasteiger partial charge in [0.2, 0.25) is 5.91 Å². The summed E-state index contributed by atoms with van der Waals surface area (Å²) in [7, 11) is 1.67. The average Bonchev–Trinajstić information content (AvgIpc) is 2.95. The molecule has 2 aliphatic rings. The van der Waals surface area contributed by atoms with E-state index in [1.165, 1.54) is 0 Å². The fourth-order valence-electron chi connectivity index (χ4n) is 4.15. The zero-order chi connectivity index (χ0) is 17.7. The van der Waals surface area contributed by atoms with Gasteiger partial charge in [-0.2, -0.15) is 0 Å². The summed E-state index contributed by atoms with van der Waals surface area (Å²) in [6.45, 7) is 0.595. The molecule has 0 unspecified atom stereocenters. The summed E-state index contributed by atoms with van der Waals surface area (Å²) in [4.78, 5) is 24.4. The van der Waals surface area contributed by atoms with Gasteiger partial charge in [0.25, 0.3) is 0 Å². The summed E-state index contributed by atoms with van der Waals surface area (Å²) in [5, 5.41) is 3.01. The van der Waals surface area contributed by atoms with E-state index in [0.717, 1.165) is 56.3 Å². The van der Waals surface area contributed by atoms with Gasteiger partial charge in [-0.3, -0.25) is 9.59 Å². The smallest absolute Gasteiger partial charge is 0.307 e. The van der Waals surface area contributed by atoms with Crippen LogP contribution in [0.3, 0.4) is 0 Å². The van der Waals surface area contributed by atoms with Crippen molar-refractivity contribution in [2.45, 2.75) is 57.0 Å². The van der Waals surface area contributed by atoms with Gasteiger partial charge in [-0.1, -0.05) is 24.6 Å². The summed E-state index contributed by atoms with van der Waals surface area (Å²) in [5.74, 6) is 0.292. The molecule has 5 heteroatoms. The number of aryl methyl sites for hydroxylation is 1. The van der Waals surface area contributed by atoms with Crippen molar-refractivity contribution in [3.63, 3.8) is 0 Å². The van der Waals surface area contributed by atoms with Crippen molar-refractivity contribution in [1.82, 2.24) is 5.32 Å². The molecule has 1 heterocycles. The number of carbonyl (C=O) groups is 2. The quantitative estimate of drug-likeness (QED) is 0.636. The number of hydrogen-bond donors (Lipinski definition) is 1. The summed E-state index contributed by atoms with van der Waals surface area (Å²) in [6, 6.07) is 7.93. The van der Waals surface area contributed by atoms with Crippen molar-refractivity contribution in [3.05, 3.63) is 29.8 Å². The largest absolute Gasteiger partial charge is 0.496 e. The molecule has 1 atom stereocenters. The molecule has 0 aromatic heterocycles. The Labute approximate surface area is 149 Å². The normalized spacial score (nSPS) is 21.8. The minimum Gasteiger partial charge on any atom is -0.496 e. The molecule has 1 N–H and O–H groups in total. The number of benzene rings is 1. The predicted molar refractivity (Wildman–Crippen MR) is 94.3 cm³/mol. The highest BCUT2D eigenvalue weighted by Gasteiger charge is 2.52. The van der Waals surface area contributed by atoms with E-state index in [4.69, 9.17) is 9.47 Å². The van der Waals surface area contributed by atoms with E-state index in [1.807, 2.05) is 24.3 Å². The van der Waals surface area contributed by atoms with Crippen LogP contribution in [0.2, 0.25) is 0 Å². The molecule has 1 aliphatic heterocycles. The predicted octanol–water partition coefficient (Wildman–Crippen LogP) is 3.01. The Balaban J connectivity index is 1.51. The Morgan fingerprint density at radius 2 is 2.04 bits per heavy atom. The van der Waals surface area contributed by atoms with E-state index < -0.39 is 5.60 Å². The standard InChI is InChI=1S/C20H27NO4/c1-24-17-10-4-3-8-15(17)9-7-13-21-19(23)16-14-18(22)25-20(16)11-5-2-6-12-20/h3-4,8,10,16H,2,5-7,9,11-14H2,1H3,(H,21,23)/t16-/m1/s1. The molecule has 2 fully saturated rings. The van der Waals surface area contributed by atoms with Crippen molar-refractivity contribution < 1.29 is 19.1 Å². The summed E-state index contributed by atoms with van der Waals surface area (Å²) >= 11 is 0. The number of ether oxygens (including phenoxy) is 2. The summed E-state index contributed by atoms with van der Waals surface area (Å²) in [5.41, 5.74) is 0.601. The van der Waals surface area contributed by atoms with Crippen LogP contribution in [0.5, 0.6) is 5.75 Å². The lowest BCUT2D eigenvalue weighted by Gasteiger charge is -2.36. The van der Waals surface area contributed by atoms with Gasteiger partial charge in [0.1, 0.15) is 11.4 Å². The Morgan fingerprint density at radius 3 is 2.80 bits per heavy atom. The van der Waals surface area contributed by atoms with Crippen molar-refractivity contribution in [2.24, 2.45) is 5.92 Å². The second-order valence-electron chi connectivity index (χ2n) is 7.06. The van der Waals surface area contributed by atoms with Crippen LogP contribution in [-0.2, 0) is 20.7 Å². The number of methoxy groups -OCH3 is 1. The van der Waals surface area contributed by atoms with Gasteiger partial charge in [0.15, 0.2) is 0 Å². The molecule has 1 aromatic carbocycles. The summed E-state index contributed by atoms with van der Waals surface area (Å²) < 4.78 is 11.0. The minimum absolute atomic E-state index is 0.0345. The molecule has 5 nitrogen and oxygen atoms in total. The molecule has 3 rings (SSSR count). The molecule has 1 saturated heterocycles. The zero-order valence-electron chi connectivity index (χ0n) is 14.9. The monoisotopic (exact) mass is 345 g/mol. The molecule has 1 spiro atoms. The first-order valence-electron chi connectivity index (χ1n) is 9.26. The fourth-order valence-corrected chi connectivity index (χ4v) is 4.15. The molecule has 1 amide bonds. The number of hydrogen-bond acceptors (Lipinski definition) is 4. The third kappa shape index (κ3) is 3.97. The van der Waals surface area contributed by atoms with Crippen LogP contribution in [-0.4, -0.2) is 31.1 Å². The van der Waals surface area contributed by atoms with Crippen molar-refractivity contribution in [2.75, 3.05) is 13.7 Å². The lowest BCUT2D eigenvalue weighted by Crippen LogP contribution is -2.46. The maximum absolute atomic E-state index is 12.6. The highest BCUT2D eigenvalue weighted by Crippen LogP contribution is 2.44. The number of esters is 1. The maximum Gasteiger partial charge on any atom is 0.307 e. The summed E-state index contributed by atoms with van der Waals surface area (Å²) in [6.07, 6.45) is 6.76. The molecule has 1 aliphatic carbocycles. The van der Waals surface area contributed by atoms with Crippen LogP contribution in [0.15, 0.2) is 24.3 Å².